The predicted molar refractivity (Wildman–Crippen MR) is 103 cm³/mol. The van der Waals surface area contributed by atoms with Gasteiger partial charge in [-0.3, -0.25) is 14.7 Å². The van der Waals surface area contributed by atoms with Crippen molar-refractivity contribution >= 4 is 17.3 Å². The lowest BCUT2D eigenvalue weighted by atomic mass is 10.2. The van der Waals surface area contributed by atoms with E-state index in [-0.39, 0.29) is 11.8 Å². The number of pyridine rings is 1. The zero-order chi connectivity index (χ0) is 19.8. The zero-order valence-corrected chi connectivity index (χ0v) is 15.5. The van der Waals surface area contributed by atoms with E-state index < -0.39 is 0 Å². The summed E-state index contributed by atoms with van der Waals surface area (Å²) in [4.78, 5) is 29.1. The minimum atomic E-state index is -0.165. The molecule has 0 aliphatic carbocycles. The van der Waals surface area contributed by atoms with Crippen molar-refractivity contribution in [1.29, 1.82) is 0 Å². The first-order valence-electron chi connectivity index (χ1n) is 9.31. The Labute approximate surface area is 165 Å². The van der Waals surface area contributed by atoms with Crippen LogP contribution in [0.15, 0.2) is 59.5 Å². The lowest BCUT2D eigenvalue weighted by molar-refractivity contribution is 0.0533. The quantitative estimate of drug-likeness (QED) is 0.576. The van der Waals surface area contributed by atoms with E-state index in [1.807, 2.05) is 24.4 Å². The Morgan fingerprint density at radius 1 is 1.00 bits per heavy atom. The number of hydrogen-bond donors (Lipinski definition) is 1. The number of carbonyl (C=O) groups is 2. The van der Waals surface area contributed by atoms with Crippen LogP contribution in [0.3, 0.4) is 0 Å². The largest absolute Gasteiger partial charge is 0.463 e. The maximum absolute atomic E-state index is 12.9. The van der Waals surface area contributed by atoms with Crippen molar-refractivity contribution in [2.45, 2.75) is 0 Å². The second-order valence-corrected chi connectivity index (χ2v) is 6.82. The SMILES string of the molecule is O=C(c1cc(-c2ccco2)[nH]n1)N1CCN(C(=O)c2cnn3ccccc23)CC1. The average Bonchev–Trinajstić information content (AvgIpc) is 3.53. The molecule has 146 valence electrons. The maximum atomic E-state index is 12.9. The van der Waals surface area contributed by atoms with Gasteiger partial charge in [0.15, 0.2) is 11.5 Å². The van der Waals surface area contributed by atoms with Crippen molar-refractivity contribution in [2.24, 2.45) is 0 Å². The number of rotatable bonds is 3. The van der Waals surface area contributed by atoms with Gasteiger partial charge in [0, 0.05) is 38.4 Å². The molecule has 1 saturated heterocycles. The molecule has 0 atom stereocenters. The van der Waals surface area contributed by atoms with Crippen LogP contribution in [0.2, 0.25) is 0 Å². The molecule has 5 heterocycles. The fraction of sp³-hybridized carbons (Fsp3) is 0.200. The van der Waals surface area contributed by atoms with E-state index in [0.717, 1.165) is 5.52 Å². The van der Waals surface area contributed by atoms with E-state index in [1.165, 1.54) is 0 Å². The number of aromatic nitrogens is 4. The molecule has 29 heavy (non-hydrogen) atoms. The van der Waals surface area contributed by atoms with Gasteiger partial charge in [-0.25, -0.2) is 4.52 Å². The Bertz CT molecular complexity index is 1170. The van der Waals surface area contributed by atoms with E-state index in [9.17, 15) is 9.59 Å². The van der Waals surface area contributed by atoms with Gasteiger partial charge in [0.2, 0.25) is 0 Å². The first-order chi connectivity index (χ1) is 14.2. The number of piperazine rings is 1. The first kappa shape index (κ1) is 17.2. The third kappa shape index (κ3) is 3.06. The van der Waals surface area contributed by atoms with Gasteiger partial charge in [-0.05, 0) is 24.3 Å². The van der Waals surface area contributed by atoms with Crippen LogP contribution >= 0.6 is 0 Å². The lowest BCUT2D eigenvalue weighted by Gasteiger charge is -2.34. The number of nitrogens with zero attached hydrogens (tertiary/aromatic N) is 5. The number of nitrogens with one attached hydrogen (secondary N) is 1. The van der Waals surface area contributed by atoms with Gasteiger partial charge >= 0.3 is 0 Å². The molecule has 4 aromatic heterocycles. The summed E-state index contributed by atoms with van der Waals surface area (Å²) in [5.74, 6) is 0.390. The first-order valence-corrected chi connectivity index (χ1v) is 9.31. The Morgan fingerprint density at radius 2 is 1.79 bits per heavy atom. The Hall–Kier alpha value is -3.88. The highest BCUT2D eigenvalue weighted by Gasteiger charge is 2.28. The summed E-state index contributed by atoms with van der Waals surface area (Å²) in [6.45, 7) is 1.83. The summed E-state index contributed by atoms with van der Waals surface area (Å²) >= 11 is 0. The van der Waals surface area contributed by atoms with Crippen molar-refractivity contribution in [2.75, 3.05) is 26.2 Å². The summed E-state index contributed by atoms with van der Waals surface area (Å²) in [5, 5.41) is 11.2. The molecule has 9 heteroatoms. The number of furan rings is 1. The van der Waals surface area contributed by atoms with Gasteiger partial charge in [0.25, 0.3) is 11.8 Å². The molecular weight excluding hydrogens is 372 g/mol. The molecule has 2 amide bonds. The molecule has 1 aliphatic heterocycles. The van der Waals surface area contributed by atoms with Crippen molar-refractivity contribution in [3.8, 4) is 11.5 Å². The second-order valence-electron chi connectivity index (χ2n) is 6.82. The van der Waals surface area contributed by atoms with Gasteiger partial charge in [0.05, 0.1) is 23.5 Å². The van der Waals surface area contributed by atoms with Crippen molar-refractivity contribution < 1.29 is 14.0 Å². The summed E-state index contributed by atoms with van der Waals surface area (Å²) in [5.41, 5.74) is 2.33. The van der Waals surface area contributed by atoms with Crippen LogP contribution < -0.4 is 0 Å². The van der Waals surface area contributed by atoms with Crippen molar-refractivity contribution in [3.05, 3.63) is 66.3 Å². The number of hydrogen-bond acceptors (Lipinski definition) is 5. The monoisotopic (exact) mass is 390 g/mol. The van der Waals surface area contributed by atoms with Gasteiger partial charge in [-0.15, -0.1) is 0 Å². The van der Waals surface area contributed by atoms with E-state index in [2.05, 4.69) is 15.3 Å². The Balaban J connectivity index is 1.25. The second kappa shape index (κ2) is 6.93. The van der Waals surface area contributed by atoms with Crippen LogP contribution in [0.1, 0.15) is 20.8 Å². The Kier molecular flexibility index (Phi) is 4.12. The molecular formula is C20H18N6O3. The molecule has 1 N–H and O–H groups in total. The van der Waals surface area contributed by atoms with E-state index in [1.54, 1.807) is 45.0 Å². The minimum Gasteiger partial charge on any atom is -0.463 e. The van der Waals surface area contributed by atoms with Gasteiger partial charge < -0.3 is 14.2 Å². The van der Waals surface area contributed by atoms with Crippen LogP contribution in [-0.4, -0.2) is 67.6 Å². The molecule has 1 fully saturated rings. The van der Waals surface area contributed by atoms with E-state index >= 15 is 0 Å². The van der Waals surface area contributed by atoms with Gasteiger partial charge in [-0.2, -0.15) is 10.2 Å². The van der Waals surface area contributed by atoms with Gasteiger partial charge in [0.1, 0.15) is 5.69 Å². The number of aromatic amines is 1. The maximum Gasteiger partial charge on any atom is 0.274 e. The lowest BCUT2D eigenvalue weighted by Crippen LogP contribution is -2.50. The van der Waals surface area contributed by atoms with Crippen LogP contribution in [-0.2, 0) is 0 Å². The third-order valence-corrected chi connectivity index (χ3v) is 5.09. The highest BCUT2D eigenvalue weighted by Crippen LogP contribution is 2.19. The zero-order valence-electron chi connectivity index (χ0n) is 15.5. The molecule has 0 bridgehead atoms. The highest BCUT2D eigenvalue weighted by atomic mass is 16.3. The normalized spacial score (nSPS) is 14.5. The summed E-state index contributed by atoms with van der Waals surface area (Å²) in [7, 11) is 0. The minimum absolute atomic E-state index is 0.0711. The predicted octanol–water partition coefficient (Wildman–Crippen LogP) is 1.92. The number of carbonyl (C=O) groups excluding carboxylic acids is 2. The van der Waals surface area contributed by atoms with Crippen molar-refractivity contribution in [3.63, 3.8) is 0 Å². The number of amides is 2. The van der Waals surface area contributed by atoms with Gasteiger partial charge in [-0.1, -0.05) is 6.07 Å². The van der Waals surface area contributed by atoms with E-state index in [4.69, 9.17) is 4.42 Å². The molecule has 4 aromatic rings. The fourth-order valence-corrected chi connectivity index (χ4v) is 3.53. The molecule has 9 nitrogen and oxygen atoms in total. The van der Waals surface area contributed by atoms with Crippen LogP contribution in [0.5, 0.6) is 0 Å². The molecule has 5 rings (SSSR count). The highest BCUT2D eigenvalue weighted by molar-refractivity contribution is 6.01. The molecule has 0 unspecified atom stereocenters. The molecule has 0 radical (unpaired) electrons. The molecule has 1 aliphatic rings. The number of H-pyrrole nitrogens is 1. The smallest absolute Gasteiger partial charge is 0.274 e. The van der Waals surface area contributed by atoms with Crippen molar-refractivity contribution in [1.82, 2.24) is 29.6 Å². The molecule has 0 spiro atoms. The van der Waals surface area contributed by atoms with Crippen LogP contribution in [0.25, 0.3) is 17.0 Å². The Morgan fingerprint density at radius 3 is 2.55 bits per heavy atom. The van der Waals surface area contributed by atoms with E-state index in [0.29, 0.717) is 48.9 Å². The van der Waals surface area contributed by atoms with Crippen LogP contribution in [0, 0.1) is 0 Å². The van der Waals surface area contributed by atoms with Crippen LogP contribution in [0.4, 0.5) is 0 Å². The molecule has 0 aromatic carbocycles. The molecule has 0 saturated carbocycles. The summed E-state index contributed by atoms with van der Waals surface area (Å²) in [6, 6.07) is 10.9. The fourth-order valence-electron chi connectivity index (χ4n) is 3.53. The summed E-state index contributed by atoms with van der Waals surface area (Å²) in [6.07, 6.45) is 4.97. The topological polar surface area (TPSA) is 99.7 Å². The third-order valence-electron chi connectivity index (χ3n) is 5.09. The standard InChI is InChI=1S/C20H18N6O3/c27-19(14-13-21-26-6-2-1-4-17(14)26)24-7-9-25(10-8-24)20(28)16-12-15(22-23-16)18-5-3-11-29-18/h1-6,11-13H,7-10H2,(H,22,23). The average molecular weight is 390 g/mol. The summed E-state index contributed by atoms with van der Waals surface area (Å²) < 4.78 is 7.00. The number of fused-ring (bicyclic) bond motifs is 1.